The SMILES string of the molecule is CC(C)CC(C)(C)CNC(CO)C(C)C. The highest BCUT2D eigenvalue weighted by molar-refractivity contribution is 4.77. The Kier molecular flexibility index (Phi) is 6.46. The summed E-state index contributed by atoms with van der Waals surface area (Å²) in [5.41, 5.74) is 0.316. The van der Waals surface area contributed by atoms with Crippen molar-refractivity contribution in [3.05, 3.63) is 0 Å². The molecule has 2 N–H and O–H groups in total. The lowest BCUT2D eigenvalue weighted by molar-refractivity contribution is 0.184. The van der Waals surface area contributed by atoms with Crippen molar-refractivity contribution in [2.75, 3.05) is 13.2 Å². The summed E-state index contributed by atoms with van der Waals surface area (Å²) < 4.78 is 0. The van der Waals surface area contributed by atoms with Gasteiger partial charge in [-0.2, -0.15) is 0 Å². The molecule has 1 unspecified atom stereocenters. The van der Waals surface area contributed by atoms with Crippen LogP contribution in [0.15, 0.2) is 0 Å². The van der Waals surface area contributed by atoms with E-state index in [1.54, 1.807) is 0 Å². The van der Waals surface area contributed by atoms with Gasteiger partial charge in [-0.15, -0.1) is 0 Å². The van der Waals surface area contributed by atoms with E-state index in [0.29, 0.717) is 11.3 Å². The summed E-state index contributed by atoms with van der Waals surface area (Å²) in [6.45, 7) is 14.6. The Bertz CT molecular complexity index is 164. The second-order valence-electron chi connectivity index (χ2n) is 6.18. The van der Waals surface area contributed by atoms with Crippen LogP contribution in [0.5, 0.6) is 0 Å². The van der Waals surface area contributed by atoms with Gasteiger partial charge in [0.2, 0.25) is 0 Å². The molecule has 0 fully saturated rings. The zero-order chi connectivity index (χ0) is 12.1. The maximum Gasteiger partial charge on any atom is 0.0587 e. The van der Waals surface area contributed by atoms with Crippen molar-refractivity contribution in [1.29, 1.82) is 0 Å². The molecule has 0 aromatic heterocycles. The van der Waals surface area contributed by atoms with Crippen LogP contribution >= 0.6 is 0 Å². The summed E-state index contributed by atoms with van der Waals surface area (Å²) in [4.78, 5) is 0. The molecule has 0 rings (SSSR count). The van der Waals surface area contributed by atoms with Gasteiger partial charge in [0.15, 0.2) is 0 Å². The third kappa shape index (κ3) is 6.91. The number of nitrogens with one attached hydrogen (secondary N) is 1. The van der Waals surface area contributed by atoms with Crippen LogP contribution < -0.4 is 5.32 Å². The second kappa shape index (κ2) is 6.49. The maximum absolute atomic E-state index is 9.21. The average molecular weight is 215 g/mol. The number of hydrogen-bond acceptors (Lipinski definition) is 2. The van der Waals surface area contributed by atoms with Gasteiger partial charge in [0.1, 0.15) is 0 Å². The molecule has 0 radical (unpaired) electrons. The molecule has 0 saturated carbocycles. The minimum absolute atomic E-state index is 0.232. The number of aliphatic hydroxyl groups excluding tert-OH is 1. The van der Waals surface area contributed by atoms with Gasteiger partial charge in [0, 0.05) is 12.6 Å². The van der Waals surface area contributed by atoms with Crippen LogP contribution in [-0.4, -0.2) is 24.3 Å². The van der Waals surface area contributed by atoms with Gasteiger partial charge in [-0.05, 0) is 23.7 Å². The number of hydrogen-bond donors (Lipinski definition) is 2. The van der Waals surface area contributed by atoms with Crippen LogP contribution in [0, 0.1) is 17.3 Å². The van der Waals surface area contributed by atoms with Gasteiger partial charge in [0.25, 0.3) is 0 Å². The monoisotopic (exact) mass is 215 g/mol. The first kappa shape index (κ1) is 14.9. The molecule has 2 heteroatoms. The summed E-state index contributed by atoms with van der Waals surface area (Å²) in [6, 6.07) is 0.233. The standard InChI is InChI=1S/C13H29NO/c1-10(2)7-13(5,6)9-14-12(8-15)11(3)4/h10-12,14-15H,7-9H2,1-6H3. The van der Waals surface area contributed by atoms with Gasteiger partial charge in [0.05, 0.1) is 6.61 Å². The molecule has 0 spiro atoms. The van der Waals surface area contributed by atoms with Crippen molar-refractivity contribution in [3.63, 3.8) is 0 Å². The molecular weight excluding hydrogens is 186 g/mol. The first-order valence-electron chi connectivity index (χ1n) is 6.12. The fourth-order valence-electron chi connectivity index (χ4n) is 2.10. The van der Waals surface area contributed by atoms with Crippen molar-refractivity contribution < 1.29 is 5.11 Å². The van der Waals surface area contributed by atoms with Gasteiger partial charge in [-0.3, -0.25) is 0 Å². The lowest BCUT2D eigenvalue weighted by Gasteiger charge is -2.30. The zero-order valence-electron chi connectivity index (χ0n) is 11.3. The smallest absolute Gasteiger partial charge is 0.0587 e. The third-order valence-electron chi connectivity index (χ3n) is 2.81. The lowest BCUT2D eigenvalue weighted by Crippen LogP contribution is -2.42. The van der Waals surface area contributed by atoms with Crippen LogP contribution in [0.4, 0.5) is 0 Å². The summed E-state index contributed by atoms with van der Waals surface area (Å²) in [5.74, 6) is 1.22. The minimum Gasteiger partial charge on any atom is -0.395 e. The molecular formula is C13H29NO. The molecule has 0 bridgehead atoms. The molecule has 15 heavy (non-hydrogen) atoms. The number of rotatable bonds is 7. The quantitative estimate of drug-likeness (QED) is 0.684. The maximum atomic E-state index is 9.21. The average Bonchev–Trinajstić information content (AvgIpc) is 2.01. The van der Waals surface area contributed by atoms with Crippen LogP contribution in [0.2, 0.25) is 0 Å². The predicted octanol–water partition coefficient (Wildman–Crippen LogP) is 2.67. The molecule has 0 aromatic rings. The van der Waals surface area contributed by atoms with Crippen LogP contribution in [0.25, 0.3) is 0 Å². The Morgan fingerprint density at radius 1 is 1.13 bits per heavy atom. The summed E-state index contributed by atoms with van der Waals surface area (Å²) in [6.07, 6.45) is 1.22. The van der Waals surface area contributed by atoms with Gasteiger partial charge >= 0.3 is 0 Å². The molecule has 92 valence electrons. The Labute approximate surface area is 95.5 Å². The van der Waals surface area contributed by atoms with E-state index in [2.05, 4.69) is 46.9 Å². The minimum atomic E-state index is 0.232. The Morgan fingerprint density at radius 2 is 1.67 bits per heavy atom. The topological polar surface area (TPSA) is 32.3 Å². The molecule has 0 aliphatic rings. The highest BCUT2D eigenvalue weighted by atomic mass is 16.3. The molecule has 0 aromatic carbocycles. The van der Waals surface area contributed by atoms with E-state index in [4.69, 9.17) is 0 Å². The van der Waals surface area contributed by atoms with Crippen molar-refractivity contribution in [1.82, 2.24) is 5.32 Å². The molecule has 0 aliphatic carbocycles. The Hall–Kier alpha value is -0.0800. The van der Waals surface area contributed by atoms with Crippen LogP contribution in [0.1, 0.15) is 48.0 Å². The highest BCUT2D eigenvalue weighted by Crippen LogP contribution is 2.24. The van der Waals surface area contributed by atoms with E-state index in [1.165, 1.54) is 6.42 Å². The van der Waals surface area contributed by atoms with Crippen molar-refractivity contribution in [3.8, 4) is 0 Å². The van der Waals surface area contributed by atoms with E-state index in [-0.39, 0.29) is 12.6 Å². The van der Waals surface area contributed by atoms with E-state index in [9.17, 15) is 5.11 Å². The molecule has 0 saturated heterocycles. The van der Waals surface area contributed by atoms with Gasteiger partial charge in [-0.1, -0.05) is 41.5 Å². The molecule has 1 atom stereocenters. The zero-order valence-corrected chi connectivity index (χ0v) is 11.3. The first-order chi connectivity index (χ1) is 6.78. The molecule has 0 amide bonds. The Morgan fingerprint density at radius 3 is 2.00 bits per heavy atom. The van der Waals surface area contributed by atoms with Crippen molar-refractivity contribution in [2.24, 2.45) is 17.3 Å². The molecule has 0 heterocycles. The van der Waals surface area contributed by atoms with E-state index in [1.807, 2.05) is 0 Å². The van der Waals surface area contributed by atoms with Gasteiger partial charge < -0.3 is 10.4 Å². The van der Waals surface area contributed by atoms with E-state index in [0.717, 1.165) is 12.5 Å². The summed E-state index contributed by atoms with van der Waals surface area (Å²) in [7, 11) is 0. The number of aliphatic hydroxyl groups is 1. The second-order valence-corrected chi connectivity index (χ2v) is 6.18. The largest absolute Gasteiger partial charge is 0.395 e. The highest BCUT2D eigenvalue weighted by Gasteiger charge is 2.21. The lowest BCUT2D eigenvalue weighted by atomic mass is 9.83. The van der Waals surface area contributed by atoms with E-state index < -0.39 is 0 Å². The van der Waals surface area contributed by atoms with Crippen LogP contribution in [-0.2, 0) is 0 Å². The fraction of sp³-hybridized carbons (Fsp3) is 1.00. The summed E-state index contributed by atoms with van der Waals surface area (Å²) >= 11 is 0. The van der Waals surface area contributed by atoms with Crippen molar-refractivity contribution in [2.45, 2.75) is 54.0 Å². The Balaban J connectivity index is 4.00. The normalized spacial score (nSPS) is 15.0. The van der Waals surface area contributed by atoms with Crippen molar-refractivity contribution >= 4 is 0 Å². The third-order valence-corrected chi connectivity index (χ3v) is 2.81. The fourth-order valence-corrected chi connectivity index (χ4v) is 2.10. The van der Waals surface area contributed by atoms with Crippen LogP contribution in [0.3, 0.4) is 0 Å². The first-order valence-corrected chi connectivity index (χ1v) is 6.12. The predicted molar refractivity (Wildman–Crippen MR) is 67.0 cm³/mol. The molecule has 0 aliphatic heterocycles. The van der Waals surface area contributed by atoms with Gasteiger partial charge in [-0.25, -0.2) is 0 Å². The van der Waals surface area contributed by atoms with E-state index >= 15 is 0 Å². The molecule has 2 nitrogen and oxygen atoms in total. The summed E-state index contributed by atoms with van der Waals surface area (Å²) in [5, 5.41) is 12.7.